The van der Waals surface area contributed by atoms with Gasteiger partial charge in [0, 0.05) is 0 Å². The van der Waals surface area contributed by atoms with E-state index in [9.17, 15) is 0 Å². The molecule has 0 aromatic rings. The first-order chi connectivity index (χ1) is 2.91. The zero-order valence-electron chi connectivity index (χ0n) is 4.48. The molecule has 0 aromatic heterocycles. The molecule has 40 valence electrons. The molecule has 0 fully saturated rings. The number of hydrogen-bond donors (Lipinski definition) is 1. The molecular formula is C5H11NU. The van der Waals surface area contributed by atoms with Crippen LogP contribution in [0.15, 0.2) is 0 Å². The molecule has 0 atom stereocenters. The summed E-state index contributed by atoms with van der Waals surface area (Å²) in [7, 11) is 0. The second-order valence-electron chi connectivity index (χ2n) is 1.23. The molecule has 0 aliphatic carbocycles. The van der Waals surface area contributed by atoms with Gasteiger partial charge in [-0.1, -0.05) is 0 Å². The van der Waals surface area contributed by atoms with Crippen LogP contribution in [0.3, 0.4) is 0 Å². The molecule has 2 heteroatoms. The third-order valence-corrected chi connectivity index (χ3v) is 0.621. The Kier molecular flexibility index (Phi) is 15.7. The Labute approximate surface area is 69.4 Å². The van der Waals surface area contributed by atoms with E-state index in [2.05, 4.69) is 6.92 Å². The SMILES string of the molecule is [CH2-]CCC[CH-]N.[U+2]. The second-order valence-corrected chi connectivity index (χ2v) is 1.23. The largest absolute Gasteiger partial charge is 2.00 e. The topological polar surface area (TPSA) is 26.0 Å². The van der Waals surface area contributed by atoms with Crippen molar-refractivity contribution in [3.63, 3.8) is 0 Å². The van der Waals surface area contributed by atoms with E-state index in [1.807, 2.05) is 0 Å². The molecule has 0 saturated carbocycles. The molecule has 0 bridgehead atoms. The first-order valence-corrected chi connectivity index (χ1v) is 2.24. The predicted octanol–water partition coefficient (Wildman–Crippen LogP) is 1.11. The van der Waals surface area contributed by atoms with E-state index in [1.54, 1.807) is 6.54 Å². The predicted molar refractivity (Wildman–Crippen MR) is 27.7 cm³/mol. The van der Waals surface area contributed by atoms with E-state index < -0.39 is 0 Å². The summed E-state index contributed by atoms with van der Waals surface area (Å²) in [5.74, 6) is 0. The van der Waals surface area contributed by atoms with Crippen molar-refractivity contribution in [3.05, 3.63) is 13.5 Å². The van der Waals surface area contributed by atoms with Gasteiger partial charge in [0.15, 0.2) is 0 Å². The van der Waals surface area contributed by atoms with Crippen LogP contribution < -0.4 is 5.73 Å². The van der Waals surface area contributed by atoms with Crippen LogP contribution in [0.2, 0.25) is 0 Å². The second kappa shape index (κ2) is 10.1. The molecule has 0 saturated heterocycles. The van der Waals surface area contributed by atoms with Gasteiger partial charge in [-0.3, -0.25) is 6.54 Å². The molecule has 7 heavy (non-hydrogen) atoms. The quantitative estimate of drug-likeness (QED) is 0.611. The number of unbranched alkanes of at least 4 members (excludes halogenated alkanes) is 2. The van der Waals surface area contributed by atoms with Gasteiger partial charge in [-0.25, -0.2) is 0 Å². The Bertz CT molecular complexity index is 20.0. The monoisotopic (exact) mass is 323 g/mol. The van der Waals surface area contributed by atoms with Gasteiger partial charge in [-0.05, 0) is 0 Å². The Morgan fingerprint density at radius 1 is 1.57 bits per heavy atom. The van der Waals surface area contributed by atoms with Crippen molar-refractivity contribution < 1.29 is 31.1 Å². The van der Waals surface area contributed by atoms with Crippen molar-refractivity contribution in [1.29, 1.82) is 0 Å². The minimum atomic E-state index is 0. The summed E-state index contributed by atoms with van der Waals surface area (Å²) < 4.78 is 0. The van der Waals surface area contributed by atoms with E-state index in [-0.39, 0.29) is 31.1 Å². The van der Waals surface area contributed by atoms with Crippen LogP contribution >= 0.6 is 0 Å². The summed E-state index contributed by atoms with van der Waals surface area (Å²) in [6, 6.07) is 0. The maximum absolute atomic E-state index is 5.06. The molecule has 0 rings (SSSR count). The number of hydrogen-bond acceptors (Lipinski definition) is 1. The van der Waals surface area contributed by atoms with Gasteiger partial charge >= 0.3 is 31.1 Å². The smallest absolute Gasteiger partial charge is 0.483 e. The Morgan fingerprint density at radius 2 is 2.14 bits per heavy atom. The Hall–Kier alpha value is 1.01. The summed E-state index contributed by atoms with van der Waals surface area (Å²) in [5, 5.41) is 0. The van der Waals surface area contributed by atoms with Crippen LogP contribution in [0.5, 0.6) is 0 Å². The maximum atomic E-state index is 5.06. The summed E-state index contributed by atoms with van der Waals surface area (Å²) in [5.41, 5.74) is 5.06. The molecule has 0 amide bonds. The van der Waals surface area contributed by atoms with Crippen molar-refractivity contribution in [3.8, 4) is 0 Å². The van der Waals surface area contributed by atoms with Crippen molar-refractivity contribution in [2.75, 3.05) is 0 Å². The minimum Gasteiger partial charge on any atom is -0.483 e. The molecule has 2 N–H and O–H groups in total. The first kappa shape index (κ1) is 10.9. The molecular weight excluding hydrogens is 312 g/mol. The first-order valence-electron chi connectivity index (χ1n) is 2.24. The van der Waals surface area contributed by atoms with E-state index in [4.69, 9.17) is 5.73 Å². The molecule has 0 radical (unpaired) electrons. The van der Waals surface area contributed by atoms with E-state index in [0.29, 0.717) is 0 Å². The van der Waals surface area contributed by atoms with Crippen molar-refractivity contribution in [2.24, 2.45) is 5.73 Å². The molecule has 0 heterocycles. The van der Waals surface area contributed by atoms with Crippen LogP contribution in [-0.4, -0.2) is 0 Å². The Balaban J connectivity index is 0. The molecule has 0 aliphatic heterocycles. The fourth-order valence-electron chi connectivity index (χ4n) is 0.262. The normalized spacial score (nSPS) is 7.71. The summed E-state index contributed by atoms with van der Waals surface area (Å²) >= 11 is 0. The molecule has 0 spiro atoms. The molecule has 0 aromatic carbocycles. The summed E-state index contributed by atoms with van der Waals surface area (Å²) in [6.45, 7) is 5.32. The van der Waals surface area contributed by atoms with Gasteiger partial charge in [0.1, 0.15) is 0 Å². The van der Waals surface area contributed by atoms with Gasteiger partial charge in [0.05, 0.1) is 0 Å². The van der Waals surface area contributed by atoms with Gasteiger partial charge in [-0.2, -0.15) is 12.8 Å². The molecule has 0 aliphatic rings. The van der Waals surface area contributed by atoms with Crippen LogP contribution in [0.4, 0.5) is 0 Å². The van der Waals surface area contributed by atoms with Gasteiger partial charge in [0.2, 0.25) is 0 Å². The third kappa shape index (κ3) is 10.9. The van der Waals surface area contributed by atoms with Crippen LogP contribution in [-0.2, 0) is 0 Å². The van der Waals surface area contributed by atoms with Crippen LogP contribution in [0.25, 0.3) is 0 Å². The average molecular weight is 323 g/mol. The van der Waals surface area contributed by atoms with Crippen molar-refractivity contribution in [2.45, 2.75) is 19.3 Å². The average Bonchev–Trinajstić information content (AvgIpc) is 1.61. The third-order valence-electron chi connectivity index (χ3n) is 0.621. The van der Waals surface area contributed by atoms with Crippen LogP contribution in [0.1, 0.15) is 19.3 Å². The van der Waals surface area contributed by atoms with E-state index in [1.165, 1.54) is 0 Å². The minimum absolute atomic E-state index is 0. The van der Waals surface area contributed by atoms with Crippen molar-refractivity contribution >= 4 is 0 Å². The standard InChI is InChI=1S/C5H11N.U/c1-2-3-4-5-6;/h5H,1-4,6H2;/q-2;+2. The van der Waals surface area contributed by atoms with Gasteiger partial charge < -0.3 is 12.7 Å². The maximum Gasteiger partial charge on any atom is 2.00 e. The Morgan fingerprint density at radius 3 is 2.29 bits per heavy atom. The number of nitrogens with two attached hydrogens (primary N) is 1. The number of rotatable bonds is 3. The van der Waals surface area contributed by atoms with Crippen molar-refractivity contribution in [1.82, 2.24) is 0 Å². The van der Waals surface area contributed by atoms with Gasteiger partial charge in [-0.15, -0.1) is 6.42 Å². The van der Waals surface area contributed by atoms with Gasteiger partial charge in [0.25, 0.3) is 0 Å². The van der Waals surface area contributed by atoms with E-state index in [0.717, 1.165) is 19.3 Å². The zero-order valence-corrected chi connectivity index (χ0v) is 8.65. The fourth-order valence-corrected chi connectivity index (χ4v) is 0.262. The fraction of sp³-hybridized carbons (Fsp3) is 0.600. The summed E-state index contributed by atoms with van der Waals surface area (Å²) in [6.07, 6.45) is 3.12. The molecule has 0 unspecified atom stereocenters. The molecule has 1 nitrogen and oxygen atoms in total. The van der Waals surface area contributed by atoms with E-state index >= 15 is 0 Å². The summed E-state index contributed by atoms with van der Waals surface area (Å²) in [4.78, 5) is 0. The zero-order chi connectivity index (χ0) is 4.83. The van der Waals surface area contributed by atoms with Crippen LogP contribution in [0, 0.1) is 44.6 Å².